The van der Waals surface area contributed by atoms with E-state index < -0.39 is 0 Å². The Morgan fingerprint density at radius 3 is 2.61 bits per heavy atom. The van der Waals surface area contributed by atoms with Crippen molar-refractivity contribution in [2.75, 3.05) is 52.0 Å². The monoisotopic (exact) mass is 552 g/mol. The van der Waals surface area contributed by atoms with Crippen LogP contribution in [0, 0.1) is 0 Å². The molecule has 1 fully saturated rings. The first-order valence-corrected chi connectivity index (χ1v) is 14.5. The van der Waals surface area contributed by atoms with Gasteiger partial charge in [0.05, 0.1) is 19.1 Å². The number of aromatic nitrogens is 5. The van der Waals surface area contributed by atoms with Crippen LogP contribution in [0.1, 0.15) is 24.1 Å². The maximum absolute atomic E-state index is 11.7. The Hall–Kier alpha value is -4.12. The number of unbranched alkanes of at least 4 members (excludes halogenated alkanes) is 1. The number of likely N-dealkylation sites (N-methyl/N-ethyl adjacent to an activating group) is 1. The Morgan fingerprint density at radius 2 is 1.80 bits per heavy atom. The second-order valence-electron chi connectivity index (χ2n) is 10.9. The molecule has 6 rings (SSSR count). The van der Waals surface area contributed by atoms with Crippen LogP contribution in [0.15, 0.2) is 67.1 Å². The van der Waals surface area contributed by atoms with Gasteiger partial charge < -0.3 is 10.6 Å². The molecule has 5 aromatic rings. The molecule has 0 radical (unpaired) electrons. The first-order valence-electron chi connectivity index (χ1n) is 14.5. The molecule has 3 aromatic heterocycles. The van der Waals surface area contributed by atoms with Gasteiger partial charge in [-0.15, -0.1) is 0 Å². The second-order valence-corrected chi connectivity index (χ2v) is 10.9. The van der Waals surface area contributed by atoms with E-state index in [0.717, 1.165) is 91.8 Å². The normalized spacial score (nSPS) is 14.8. The smallest absolute Gasteiger partial charge is 0.324 e. The van der Waals surface area contributed by atoms with E-state index in [1.54, 1.807) is 5.32 Å². The van der Waals surface area contributed by atoms with E-state index in [-0.39, 0.29) is 5.91 Å². The number of anilines is 1. The summed E-state index contributed by atoms with van der Waals surface area (Å²) in [5.41, 5.74) is 12.6. The van der Waals surface area contributed by atoms with E-state index in [2.05, 4.69) is 74.6 Å². The number of benzene rings is 2. The van der Waals surface area contributed by atoms with Gasteiger partial charge in [0.25, 0.3) is 0 Å². The Balaban J connectivity index is 1.13. The summed E-state index contributed by atoms with van der Waals surface area (Å²) >= 11 is 0. The average molecular weight is 553 g/mol. The average Bonchev–Trinajstić information content (AvgIpc) is 3.57. The fourth-order valence-corrected chi connectivity index (χ4v) is 5.74. The lowest BCUT2D eigenvalue weighted by molar-refractivity contribution is -0.539. The zero-order valence-corrected chi connectivity index (χ0v) is 23.6. The number of amides is 1. The van der Waals surface area contributed by atoms with Gasteiger partial charge in [-0.2, -0.15) is 10.2 Å². The molecule has 2 aromatic carbocycles. The molecule has 0 atom stereocenters. The lowest BCUT2D eigenvalue weighted by Crippen LogP contribution is -2.85. The third kappa shape index (κ3) is 6.14. The van der Waals surface area contributed by atoms with Gasteiger partial charge in [-0.3, -0.25) is 14.9 Å². The van der Waals surface area contributed by atoms with Crippen molar-refractivity contribution in [2.45, 2.75) is 25.8 Å². The molecule has 0 unspecified atom stereocenters. The van der Waals surface area contributed by atoms with Crippen LogP contribution in [-0.4, -0.2) is 86.4 Å². The van der Waals surface area contributed by atoms with Crippen LogP contribution < -0.4 is 11.1 Å². The van der Waals surface area contributed by atoms with E-state index >= 15 is 0 Å². The number of hydrogen-bond donors (Lipinski definition) is 2. The number of piperazine rings is 1. The number of carbonyl (C=O) groups is 1. The lowest BCUT2D eigenvalue weighted by Gasteiger charge is -2.33. The fraction of sp³-hybridized carbons (Fsp3) is 0.355. The summed E-state index contributed by atoms with van der Waals surface area (Å²) in [5.74, 6) is 0.687. The van der Waals surface area contributed by atoms with E-state index in [9.17, 15) is 4.79 Å². The van der Waals surface area contributed by atoms with Crippen molar-refractivity contribution in [3.63, 3.8) is 0 Å². The van der Waals surface area contributed by atoms with Crippen LogP contribution >= 0.6 is 0 Å². The number of rotatable bonds is 10. The zero-order chi connectivity index (χ0) is 28.2. The minimum Gasteiger partial charge on any atom is -0.382 e. The molecule has 0 saturated carbocycles. The summed E-state index contributed by atoms with van der Waals surface area (Å²) in [6, 6.07) is 19.0. The molecule has 0 bridgehead atoms. The highest BCUT2D eigenvalue weighted by atomic mass is 16.1. The second kappa shape index (κ2) is 12.2. The van der Waals surface area contributed by atoms with E-state index in [4.69, 9.17) is 10.8 Å². The zero-order valence-electron chi connectivity index (χ0n) is 23.6. The predicted octanol–water partition coefficient (Wildman–Crippen LogP) is 2.04. The molecule has 1 amide bonds. The molecule has 4 heterocycles. The highest BCUT2D eigenvalue weighted by Crippen LogP contribution is 2.32. The molecule has 1 aliphatic heterocycles. The molecular weight excluding hydrogens is 514 g/mol. The molecule has 41 heavy (non-hydrogen) atoms. The van der Waals surface area contributed by atoms with Crippen molar-refractivity contribution in [2.24, 2.45) is 0 Å². The Morgan fingerprint density at radius 1 is 1.00 bits per heavy atom. The van der Waals surface area contributed by atoms with Crippen LogP contribution in [0.3, 0.4) is 0 Å². The number of fused-ring (bicyclic) bond motifs is 2. The number of nitrogen functional groups attached to an aromatic ring is 1. The van der Waals surface area contributed by atoms with Gasteiger partial charge in [0.2, 0.25) is 0 Å². The van der Waals surface area contributed by atoms with E-state index in [1.807, 2.05) is 22.3 Å². The number of quaternary nitrogens is 1. The van der Waals surface area contributed by atoms with Crippen molar-refractivity contribution < 1.29 is 10.1 Å². The van der Waals surface area contributed by atoms with Crippen molar-refractivity contribution in [3.05, 3.63) is 78.4 Å². The topological polar surface area (TPSA) is 114 Å². The third-order valence-corrected chi connectivity index (χ3v) is 8.03. The first-order chi connectivity index (χ1) is 20.1. The molecule has 1 aliphatic rings. The summed E-state index contributed by atoms with van der Waals surface area (Å²) in [6.07, 6.45) is 6.70. The Labute approximate surface area is 239 Å². The largest absolute Gasteiger partial charge is 0.382 e. The number of carbonyl (C=O) groups excluding carboxylic acids is 1. The number of hydrogen-bond acceptors (Lipinski definition) is 7. The predicted molar refractivity (Wildman–Crippen MR) is 160 cm³/mol. The number of aryl methyl sites for hydroxylation is 1. The van der Waals surface area contributed by atoms with Crippen molar-refractivity contribution in [1.82, 2.24) is 34.2 Å². The minimum atomic E-state index is 0.208. The van der Waals surface area contributed by atoms with Gasteiger partial charge in [0.1, 0.15) is 18.4 Å². The molecular formula is C31H38N9O+. The maximum atomic E-state index is 11.7. The Bertz CT molecular complexity index is 1630. The van der Waals surface area contributed by atoms with Gasteiger partial charge in [-0.05, 0) is 49.1 Å². The molecule has 0 spiro atoms. The summed E-state index contributed by atoms with van der Waals surface area (Å²) in [7, 11) is 1.82. The summed E-state index contributed by atoms with van der Waals surface area (Å²) < 4.78 is 3.95. The molecule has 10 nitrogen and oxygen atoms in total. The van der Waals surface area contributed by atoms with Gasteiger partial charge >= 0.3 is 5.91 Å². The number of nitrogens with two attached hydrogens (primary N) is 2. The molecule has 4 N–H and O–H groups in total. The maximum Gasteiger partial charge on any atom is 0.324 e. The van der Waals surface area contributed by atoms with Crippen LogP contribution in [0.25, 0.3) is 27.5 Å². The van der Waals surface area contributed by atoms with Crippen molar-refractivity contribution in [1.29, 1.82) is 0 Å². The van der Waals surface area contributed by atoms with Crippen LogP contribution in [0.4, 0.5) is 5.82 Å². The van der Waals surface area contributed by atoms with E-state index in [1.165, 1.54) is 11.9 Å². The highest BCUT2D eigenvalue weighted by molar-refractivity contribution is 5.92. The molecule has 1 saturated heterocycles. The fourth-order valence-electron chi connectivity index (χ4n) is 5.74. The van der Waals surface area contributed by atoms with Gasteiger partial charge in [-0.1, -0.05) is 42.5 Å². The summed E-state index contributed by atoms with van der Waals surface area (Å²) in [4.78, 5) is 20.8. The Kier molecular flexibility index (Phi) is 8.04. The van der Waals surface area contributed by atoms with E-state index in [0.29, 0.717) is 12.4 Å². The standard InChI is InChI=1S/C31H37N9O/c1-33-29(41)21-38-15-13-37(14-16-38)12-6-5-9-26-18-27(30-31(32)34-22-35-40(26)30)24-10-11-25-20-39(36-28(25)17-24)19-23-7-3-2-4-8-23/h2-4,7-8,10-11,17-18,20,22H,5-6,9,12-16,19,21H2,1H3,(H,33,41)(H2,32,34,35)/p+1. The van der Waals surface area contributed by atoms with Crippen molar-refractivity contribution in [3.8, 4) is 11.1 Å². The van der Waals surface area contributed by atoms with Gasteiger partial charge in [-0.25, -0.2) is 14.3 Å². The third-order valence-electron chi connectivity index (χ3n) is 8.03. The SMILES string of the molecule is C[NH2+]C(=O)CN1CCN(CCCCc2cc(-c3ccc4cn(Cc5ccccc5)nc4c3)c3c(N)ncnn23)CC1. The molecule has 10 heteroatoms. The summed E-state index contributed by atoms with van der Waals surface area (Å²) in [5, 5.41) is 12.2. The first kappa shape index (κ1) is 27.1. The number of nitrogens with zero attached hydrogens (tertiary/aromatic N) is 7. The van der Waals surface area contributed by atoms with Crippen molar-refractivity contribution >= 4 is 28.1 Å². The molecule has 212 valence electrons. The van der Waals surface area contributed by atoms with Crippen LogP contribution in [-0.2, 0) is 17.8 Å². The number of primary amides is 1. The van der Waals surface area contributed by atoms with Crippen LogP contribution in [0.2, 0.25) is 0 Å². The lowest BCUT2D eigenvalue weighted by atomic mass is 10.0. The molecule has 0 aliphatic carbocycles. The highest BCUT2D eigenvalue weighted by Gasteiger charge is 2.20. The van der Waals surface area contributed by atoms with Gasteiger partial charge in [0, 0.05) is 49.0 Å². The van der Waals surface area contributed by atoms with Crippen LogP contribution in [0.5, 0.6) is 0 Å². The van der Waals surface area contributed by atoms with Gasteiger partial charge in [0.15, 0.2) is 5.82 Å². The quantitative estimate of drug-likeness (QED) is 0.255. The minimum absolute atomic E-state index is 0.208. The summed E-state index contributed by atoms with van der Waals surface area (Å²) in [6.45, 7) is 6.29.